The van der Waals surface area contributed by atoms with Gasteiger partial charge in [-0.25, -0.2) is 9.97 Å². The standard InChI is InChI=1S/C25H31N7O3/c1-26-23(33)20-14-17-15-28-24(30-22(17)32(20)18-4-2-3-5-18)29-21-7-6-19(16-27-21)31-10-8-25(9-11-31)34-12-13-35-25/h6-7,14-16,18H,2-5,8-13H2,1H3,(H,26,33)(H,27,28,29,30). The fraction of sp³-hybridized carbons (Fsp3) is 0.520. The molecule has 3 fully saturated rings. The SMILES string of the molecule is CNC(=O)c1cc2cnc(Nc3ccc(N4CCC5(CC4)OCCO5)cn3)nc2n1C1CCCC1. The molecule has 184 valence electrons. The van der Waals surface area contributed by atoms with Crippen molar-refractivity contribution in [1.82, 2.24) is 24.8 Å². The number of amides is 1. The number of nitrogens with one attached hydrogen (secondary N) is 2. The summed E-state index contributed by atoms with van der Waals surface area (Å²) in [7, 11) is 1.66. The molecule has 2 aliphatic heterocycles. The lowest BCUT2D eigenvalue weighted by atomic mass is 10.0. The molecule has 0 bridgehead atoms. The molecule has 1 aliphatic carbocycles. The van der Waals surface area contributed by atoms with Gasteiger partial charge in [0.1, 0.15) is 17.2 Å². The summed E-state index contributed by atoms with van der Waals surface area (Å²) in [5.74, 6) is 0.662. The highest BCUT2D eigenvalue weighted by molar-refractivity contribution is 5.98. The summed E-state index contributed by atoms with van der Waals surface area (Å²) in [6.07, 6.45) is 9.82. The van der Waals surface area contributed by atoms with Gasteiger partial charge in [-0.3, -0.25) is 4.79 Å². The van der Waals surface area contributed by atoms with Crippen LogP contribution in [-0.2, 0) is 9.47 Å². The second-order valence-corrected chi connectivity index (χ2v) is 9.51. The molecule has 0 unspecified atom stereocenters. The Hall–Kier alpha value is -3.24. The van der Waals surface area contributed by atoms with E-state index < -0.39 is 0 Å². The maximum absolute atomic E-state index is 12.5. The summed E-state index contributed by atoms with van der Waals surface area (Å²) in [6.45, 7) is 3.13. The highest BCUT2D eigenvalue weighted by Crippen LogP contribution is 2.35. The lowest BCUT2D eigenvalue weighted by Crippen LogP contribution is -2.45. The molecule has 1 saturated carbocycles. The zero-order chi connectivity index (χ0) is 23.8. The number of hydrogen-bond donors (Lipinski definition) is 2. The molecule has 1 spiro atoms. The summed E-state index contributed by atoms with van der Waals surface area (Å²) in [4.78, 5) is 28.7. The minimum atomic E-state index is -0.380. The van der Waals surface area contributed by atoms with Crippen LogP contribution in [0.25, 0.3) is 11.0 Å². The molecule has 2 N–H and O–H groups in total. The normalized spacial score (nSPS) is 20.1. The van der Waals surface area contributed by atoms with E-state index in [-0.39, 0.29) is 17.7 Å². The summed E-state index contributed by atoms with van der Waals surface area (Å²) in [5.41, 5.74) is 2.49. The first-order valence-electron chi connectivity index (χ1n) is 12.5. The number of anilines is 3. The zero-order valence-electron chi connectivity index (χ0n) is 20.0. The maximum atomic E-state index is 12.5. The van der Waals surface area contributed by atoms with Gasteiger partial charge in [0, 0.05) is 50.6 Å². The molecule has 0 aromatic carbocycles. The van der Waals surface area contributed by atoms with Crippen molar-refractivity contribution >= 4 is 34.4 Å². The number of rotatable bonds is 5. The lowest BCUT2D eigenvalue weighted by molar-refractivity contribution is -0.169. The van der Waals surface area contributed by atoms with Crippen LogP contribution >= 0.6 is 0 Å². The molecule has 2 saturated heterocycles. The second kappa shape index (κ2) is 9.09. The fourth-order valence-corrected chi connectivity index (χ4v) is 5.56. The topological polar surface area (TPSA) is 106 Å². The van der Waals surface area contributed by atoms with E-state index in [1.807, 2.05) is 18.3 Å². The van der Waals surface area contributed by atoms with Gasteiger partial charge in [0.15, 0.2) is 5.79 Å². The van der Waals surface area contributed by atoms with Gasteiger partial charge in [0.25, 0.3) is 5.91 Å². The lowest BCUT2D eigenvalue weighted by Gasteiger charge is -2.38. The number of aromatic nitrogens is 4. The number of ether oxygens (including phenoxy) is 2. The van der Waals surface area contributed by atoms with Crippen LogP contribution in [0, 0.1) is 0 Å². The van der Waals surface area contributed by atoms with Crippen molar-refractivity contribution in [1.29, 1.82) is 0 Å². The third kappa shape index (κ3) is 4.21. The Morgan fingerprint density at radius 3 is 2.54 bits per heavy atom. The third-order valence-corrected chi connectivity index (χ3v) is 7.42. The summed E-state index contributed by atoms with van der Waals surface area (Å²) in [5, 5.41) is 6.85. The average molecular weight is 478 g/mol. The summed E-state index contributed by atoms with van der Waals surface area (Å²) >= 11 is 0. The van der Waals surface area contributed by atoms with Crippen LogP contribution in [0.4, 0.5) is 17.5 Å². The number of carbonyl (C=O) groups excluding carboxylic acids is 1. The quantitative estimate of drug-likeness (QED) is 0.576. The minimum Gasteiger partial charge on any atom is -0.370 e. The number of pyridine rings is 1. The van der Waals surface area contributed by atoms with Crippen LogP contribution in [0.1, 0.15) is 55.1 Å². The molecule has 6 rings (SSSR count). The van der Waals surface area contributed by atoms with Crippen molar-refractivity contribution in [2.45, 2.75) is 50.4 Å². The highest BCUT2D eigenvalue weighted by atomic mass is 16.7. The smallest absolute Gasteiger partial charge is 0.267 e. The first-order valence-corrected chi connectivity index (χ1v) is 12.5. The number of fused-ring (bicyclic) bond motifs is 1. The van der Waals surface area contributed by atoms with E-state index in [0.29, 0.717) is 30.7 Å². The molecule has 0 radical (unpaired) electrons. The molecule has 0 atom stereocenters. The third-order valence-electron chi connectivity index (χ3n) is 7.42. The van der Waals surface area contributed by atoms with E-state index in [1.165, 1.54) is 12.8 Å². The van der Waals surface area contributed by atoms with Crippen molar-refractivity contribution in [3.8, 4) is 0 Å². The van der Waals surface area contributed by atoms with E-state index in [9.17, 15) is 4.79 Å². The van der Waals surface area contributed by atoms with Crippen molar-refractivity contribution in [2.75, 3.05) is 43.6 Å². The predicted octanol–water partition coefficient (Wildman–Crippen LogP) is 3.39. The van der Waals surface area contributed by atoms with E-state index in [4.69, 9.17) is 14.5 Å². The first kappa shape index (κ1) is 22.2. The van der Waals surface area contributed by atoms with E-state index in [2.05, 4.69) is 36.1 Å². The van der Waals surface area contributed by atoms with Crippen LogP contribution < -0.4 is 15.5 Å². The van der Waals surface area contributed by atoms with E-state index >= 15 is 0 Å². The van der Waals surface area contributed by atoms with E-state index in [0.717, 1.165) is 55.5 Å². The molecule has 10 nitrogen and oxygen atoms in total. The van der Waals surface area contributed by atoms with E-state index in [1.54, 1.807) is 13.2 Å². The molecule has 5 heterocycles. The largest absolute Gasteiger partial charge is 0.370 e. The van der Waals surface area contributed by atoms with Crippen molar-refractivity contribution in [3.05, 3.63) is 36.3 Å². The molecule has 35 heavy (non-hydrogen) atoms. The highest BCUT2D eigenvalue weighted by Gasteiger charge is 2.39. The number of nitrogens with zero attached hydrogens (tertiary/aromatic N) is 5. The molecule has 10 heteroatoms. The molecular formula is C25H31N7O3. The number of carbonyl (C=O) groups is 1. The Labute approximate surface area is 204 Å². The van der Waals surface area contributed by atoms with Crippen LogP contribution in [0.5, 0.6) is 0 Å². The van der Waals surface area contributed by atoms with Crippen LogP contribution in [0.2, 0.25) is 0 Å². The Balaban J connectivity index is 1.20. The Kier molecular flexibility index (Phi) is 5.77. The monoisotopic (exact) mass is 477 g/mol. The van der Waals surface area contributed by atoms with Crippen LogP contribution in [-0.4, -0.2) is 64.6 Å². The van der Waals surface area contributed by atoms with Crippen molar-refractivity contribution < 1.29 is 14.3 Å². The Morgan fingerprint density at radius 1 is 1.09 bits per heavy atom. The second-order valence-electron chi connectivity index (χ2n) is 9.51. The summed E-state index contributed by atoms with van der Waals surface area (Å²) in [6, 6.07) is 6.17. The average Bonchev–Trinajstić information content (AvgIpc) is 3.65. The van der Waals surface area contributed by atoms with Gasteiger partial charge < -0.3 is 29.6 Å². The van der Waals surface area contributed by atoms with Gasteiger partial charge in [0.05, 0.1) is 25.1 Å². The fourth-order valence-electron chi connectivity index (χ4n) is 5.56. The van der Waals surface area contributed by atoms with Gasteiger partial charge in [-0.05, 0) is 31.0 Å². The predicted molar refractivity (Wildman–Crippen MR) is 132 cm³/mol. The number of hydrogen-bond acceptors (Lipinski definition) is 8. The van der Waals surface area contributed by atoms with Gasteiger partial charge in [-0.1, -0.05) is 12.8 Å². The van der Waals surface area contributed by atoms with Gasteiger partial charge in [-0.15, -0.1) is 0 Å². The van der Waals surface area contributed by atoms with Gasteiger partial charge in [0.2, 0.25) is 5.95 Å². The molecule has 3 aliphatic rings. The van der Waals surface area contributed by atoms with Gasteiger partial charge in [-0.2, -0.15) is 4.98 Å². The number of piperidine rings is 1. The minimum absolute atomic E-state index is 0.101. The Morgan fingerprint density at radius 2 is 1.86 bits per heavy atom. The molecule has 3 aromatic rings. The summed E-state index contributed by atoms with van der Waals surface area (Å²) < 4.78 is 13.8. The van der Waals surface area contributed by atoms with Crippen LogP contribution in [0.3, 0.4) is 0 Å². The maximum Gasteiger partial charge on any atom is 0.267 e. The zero-order valence-corrected chi connectivity index (χ0v) is 20.0. The molecular weight excluding hydrogens is 446 g/mol. The van der Waals surface area contributed by atoms with Crippen LogP contribution in [0.15, 0.2) is 30.6 Å². The van der Waals surface area contributed by atoms with Gasteiger partial charge >= 0.3 is 0 Å². The molecule has 3 aromatic heterocycles. The van der Waals surface area contributed by atoms with Crippen molar-refractivity contribution in [2.24, 2.45) is 0 Å². The van der Waals surface area contributed by atoms with Crippen molar-refractivity contribution in [3.63, 3.8) is 0 Å². The molecule has 1 amide bonds. The first-order chi connectivity index (χ1) is 17.1. The Bertz CT molecular complexity index is 1200.